The number of methoxy groups -OCH3 is 1. The van der Waals surface area contributed by atoms with Gasteiger partial charge in [0, 0.05) is 5.56 Å². The van der Waals surface area contributed by atoms with Gasteiger partial charge < -0.3 is 14.9 Å². The number of carbonyl (C=O) groups is 2. The molecule has 0 amide bonds. The van der Waals surface area contributed by atoms with Crippen LogP contribution in [-0.2, 0) is 9.53 Å². The maximum atomic E-state index is 13.5. The van der Waals surface area contributed by atoms with Gasteiger partial charge in [0.05, 0.1) is 25.2 Å². The number of aldehydes is 1. The van der Waals surface area contributed by atoms with Crippen molar-refractivity contribution in [2.45, 2.75) is 18.6 Å². The molecule has 0 aliphatic carbocycles. The lowest BCUT2D eigenvalue weighted by molar-refractivity contribution is -0.144. The van der Waals surface area contributed by atoms with Crippen LogP contribution in [0.4, 0.5) is 8.78 Å². The molecule has 0 fully saturated rings. The van der Waals surface area contributed by atoms with E-state index in [-0.39, 0.29) is 6.29 Å². The lowest BCUT2D eigenvalue weighted by Crippen LogP contribution is -2.23. The molecule has 5 nitrogen and oxygen atoms in total. The van der Waals surface area contributed by atoms with Crippen LogP contribution >= 0.6 is 0 Å². The van der Waals surface area contributed by atoms with Gasteiger partial charge in [0.2, 0.25) is 0 Å². The first-order chi connectivity index (χ1) is 8.90. The van der Waals surface area contributed by atoms with Gasteiger partial charge in [-0.1, -0.05) is 0 Å². The van der Waals surface area contributed by atoms with Crippen LogP contribution in [0.1, 0.15) is 28.4 Å². The van der Waals surface area contributed by atoms with Gasteiger partial charge in [-0.3, -0.25) is 9.59 Å². The minimum Gasteiger partial charge on any atom is -0.469 e. The van der Waals surface area contributed by atoms with Gasteiger partial charge in [0.15, 0.2) is 6.29 Å². The zero-order valence-electron chi connectivity index (χ0n) is 9.97. The number of aliphatic hydroxyl groups is 2. The van der Waals surface area contributed by atoms with E-state index in [1.165, 1.54) is 0 Å². The molecule has 1 aromatic carbocycles. The Bertz CT molecular complexity index is 489. The Morgan fingerprint density at radius 1 is 1.37 bits per heavy atom. The zero-order valence-corrected chi connectivity index (χ0v) is 9.97. The van der Waals surface area contributed by atoms with Gasteiger partial charge in [-0.15, -0.1) is 0 Å². The molecular weight excluding hydrogens is 262 g/mol. The molecule has 0 aromatic heterocycles. The highest BCUT2D eigenvalue weighted by atomic mass is 19.1. The van der Waals surface area contributed by atoms with Gasteiger partial charge in [0.25, 0.3) is 0 Å². The number of esters is 1. The van der Waals surface area contributed by atoms with Crippen LogP contribution in [0.3, 0.4) is 0 Å². The second kappa shape index (κ2) is 6.35. The molecule has 0 aliphatic rings. The van der Waals surface area contributed by atoms with Crippen molar-refractivity contribution in [2.75, 3.05) is 7.11 Å². The molecule has 0 aliphatic heterocycles. The highest BCUT2D eigenvalue weighted by Crippen LogP contribution is 2.24. The summed E-state index contributed by atoms with van der Waals surface area (Å²) in [6, 6.07) is 1.20. The number of hydrogen-bond donors (Lipinski definition) is 2. The van der Waals surface area contributed by atoms with Crippen molar-refractivity contribution >= 4 is 12.3 Å². The third-order valence-corrected chi connectivity index (χ3v) is 2.53. The van der Waals surface area contributed by atoms with Gasteiger partial charge >= 0.3 is 5.97 Å². The van der Waals surface area contributed by atoms with E-state index in [0.29, 0.717) is 12.1 Å². The normalized spacial score (nSPS) is 13.7. The Morgan fingerprint density at radius 2 is 2.00 bits per heavy atom. The van der Waals surface area contributed by atoms with Crippen molar-refractivity contribution in [3.8, 4) is 0 Å². The third-order valence-electron chi connectivity index (χ3n) is 2.53. The lowest BCUT2D eigenvalue weighted by Gasteiger charge is -2.18. The maximum Gasteiger partial charge on any atom is 0.308 e. The predicted molar refractivity (Wildman–Crippen MR) is 59.3 cm³/mol. The SMILES string of the molecule is COC(=O)CC(O)C(O)c1cc(F)c(C=O)cc1F. The Hall–Kier alpha value is -1.86. The summed E-state index contributed by atoms with van der Waals surface area (Å²) in [5, 5.41) is 19.2. The molecule has 2 unspecified atom stereocenters. The van der Waals surface area contributed by atoms with Crippen LogP contribution in [0.25, 0.3) is 0 Å². The van der Waals surface area contributed by atoms with E-state index in [1.54, 1.807) is 0 Å². The summed E-state index contributed by atoms with van der Waals surface area (Å²) in [6.07, 6.45) is -3.91. The summed E-state index contributed by atoms with van der Waals surface area (Å²) in [5.41, 5.74) is -1.05. The highest BCUT2D eigenvalue weighted by molar-refractivity contribution is 5.75. The Kier molecular flexibility index (Phi) is 5.08. The fraction of sp³-hybridized carbons (Fsp3) is 0.333. The molecule has 0 saturated carbocycles. The third kappa shape index (κ3) is 3.55. The first-order valence-electron chi connectivity index (χ1n) is 5.27. The van der Waals surface area contributed by atoms with Crippen LogP contribution in [-0.4, -0.2) is 35.7 Å². The van der Waals surface area contributed by atoms with Gasteiger partial charge in [-0.25, -0.2) is 8.78 Å². The van der Waals surface area contributed by atoms with Crippen LogP contribution in [0.2, 0.25) is 0 Å². The molecule has 0 spiro atoms. The van der Waals surface area contributed by atoms with E-state index in [9.17, 15) is 28.6 Å². The van der Waals surface area contributed by atoms with E-state index < -0.39 is 47.4 Å². The summed E-state index contributed by atoms with van der Waals surface area (Å²) in [6.45, 7) is 0. The van der Waals surface area contributed by atoms with E-state index >= 15 is 0 Å². The number of rotatable bonds is 5. The Labute approximate surface area is 107 Å². The molecule has 1 rings (SSSR count). The zero-order chi connectivity index (χ0) is 14.6. The van der Waals surface area contributed by atoms with Crippen molar-refractivity contribution in [2.24, 2.45) is 0 Å². The Balaban J connectivity index is 2.99. The molecule has 7 heteroatoms. The average Bonchev–Trinajstić information content (AvgIpc) is 2.39. The van der Waals surface area contributed by atoms with Crippen molar-refractivity contribution in [1.82, 2.24) is 0 Å². The highest BCUT2D eigenvalue weighted by Gasteiger charge is 2.25. The van der Waals surface area contributed by atoms with Crippen molar-refractivity contribution < 1.29 is 33.3 Å². The molecule has 0 radical (unpaired) electrons. The van der Waals surface area contributed by atoms with Crippen molar-refractivity contribution in [3.63, 3.8) is 0 Å². The number of aliphatic hydroxyl groups excluding tert-OH is 2. The standard InChI is InChI=1S/C12H12F2O5/c1-19-11(17)4-10(16)12(18)7-3-8(13)6(5-15)2-9(7)14/h2-3,5,10,12,16,18H,4H2,1H3. The molecule has 1 aromatic rings. The minimum atomic E-state index is -1.81. The Morgan fingerprint density at radius 3 is 2.53 bits per heavy atom. The summed E-state index contributed by atoms with van der Waals surface area (Å²) >= 11 is 0. The van der Waals surface area contributed by atoms with Crippen LogP contribution in [0, 0.1) is 11.6 Å². The summed E-state index contributed by atoms with van der Waals surface area (Å²) in [5.74, 6) is -2.90. The summed E-state index contributed by atoms with van der Waals surface area (Å²) in [7, 11) is 1.08. The second-order valence-electron chi connectivity index (χ2n) is 3.81. The number of benzene rings is 1. The number of hydrogen-bond acceptors (Lipinski definition) is 5. The average molecular weight is 274 g/mol. The van der Waals surface area contributed by atoms with Gasteiger partial charge in [0.1, 0.15) is 17.7 Å². The summed E-state index contributed by atoms with van der Waals surface area (Å²) in [4.78, 5) is 21.3. The summed E-state index contributed by atoms with van der Waals surface area (Å²) < 4.78 is 31.1. The van der Waals surface area contributed by atoms with E-state index in [2.05, 4.69) is 4.74 Å². The predicted octanol–water partition coefficient (Wildman–Crippen LogP) is 0.735. The van der Waals surface area contributed by atoms with E-state index in [0.717, 1.165) is 7.11 Å². The molecule has 104 valence electrons. The first-order valence-corrected chi connectivity index (χ1v) is 5.27. The molecule has 0 bridgehead atoms. The number of halogens is 2. The first kappa shape index (κ1) is 15.2. The minimum absolute atomic E-state index is 0.124. The van der Waals surface area contributed by atoms with E-state index in [1.807, 2.05) is 0 Å². The topological polar surface area (TPSA) is 83.8 Å². The lowest BCUT2D eigenvalue weighted by atomic mass is 10.00. The number of carbonyl (C=O) groups excluding carboxylic acids is 2. The smallest absolute Gasteiger partial charge is 0.308 e. The van der Waals surface area contributed by atoms with Crippen LogP contribution in [0.5, 0.6) is 0 Å². The second-order valence-corrected chi connectivity index (χ2v) is 3.81. The molecule has 0 heterocycles. The number of ether oxygens (including phenoxy) is 1. The van der Waals surface area contributed by atoms with Crippen molar-refractivity contribution in [3.05, 3.63) is 34.9 Å². The van der Waals surface area contributed by atoms with Crippen molar-refractivity contribution in [1.29, 1.82) is 0 Å². The van der Waals surface area contributed by atoms with Crippen LogP contribution < -0.4 is 0 Å². The molecule has 2 N–H and O–H groups in total. The molecule has 2 atom stereocenters. The van der Waals surface area contributed by atoms with Gasteiger partial charge in [-0.2, -0.15) is 0 Å². The van der Waals surface area contributed by atoms with E-state index in [4.69, 9.17) is 0 Å². The van der Waals surface area contributed by atoms with Gasteiger partial charge in [-0.05, 0) is 12.1 Å². The molecular formula is C12H12F2O5. The monoisotopic (exact) mass is 274 g/mol. The maximum absolute atomic E-state index is 13.5. The fourth-order valence-electron chi connectivity index (χ4n) is 1.47. The molecule has 19 heavy (non-hydrogen) atoms. The molecule has 0 saturated heterocycles. The quantitative estimate of drug-likeness (QED) is 0.611. The fourth-order valence-corrected chi connectivity index (χ4v) is 1.47. The largest absolute Gasteiger partial charge is 0.469 e. The van der Waals surface area contributed by atoms with Crippen LogP contribution in [0.15, 0.2) is 12.1 Å².